The molecule has 0 spiro atoms. The number of carboxylic acid groups (broad SMARTS) is 1. The van der Waals surface area contributed by atoms with E-state index in [9.17, 15) is 9.59 Å². The van der Waals surface area contributed by atoms with Crippen LogP contribution in [0.5, 0.6) is 11.5 Å². The number of hydrogen-bond acceptors (Lipinski definition) is 6. The summed E-state index contributed by atoms with van der Waals surface area (Å²) in [5.74, 6) is -0.0275. The van der Waals surface area contributed by atoms with E-state index in [1.807, 2.05) is 0 Å². The van der Waals surface area contributed by atoms with Crippen LogP contribution in [0.25, 0.3) is 22.3 Å². The van der Waals surface area contributed by atoms with Crippen LogP contribution in [-0.4, -0.2) is 37.5 Å². The van der Waals surface area contributed by atoms with Crippen molar-refractivity contribution in [3.05, 3.63) is 57.7 Å². The number of hydrogen-bond donors (Lipinski definition) is 1. The fourth-order valence-corrected chi connectivity index (χ4v) is 3.73. The van der Waals surface area contributed by atoms with Gasteiger partial charge in [0.25, 0.3) is 0 Å². The number of carboxylic acids is 1. The Labute approximate surface area is 183 Å². The molecule has 0 atom stereocenters. The van der Waals surface area contributed by atoms with Crippen molar-refractivity contribution < 1.29 is 28.5 Å². The van der Waals surface area contributed by atoms with Crippen LogP contribution < -0.4 is 14.9 Å². The molecule has 4 rings (SSSR count). The molecule has 31 heavy (non-hydrogen) atoms. The first-order chi connectivity index (χ1) is 15.0. The average Bonchev–Trinajstić information content (AvgIpc) is 2.73. The van der Waals surface area contributed by atoms with E-state index in [1.54, 1.807) is 42.5 Å². The predicted octanol–water partition coefficient (Wildman–Crippen LogP) is 4.38. The van der Waals surface area contributed by atoms with Gasteiger partial charge in [-0.05, 0) is 49.2 Å². The Morgan fingerprint density at radius 2 is 1.90 bits per heavy atom. The van der Waals surface area contributed by atoms with Gasteiger partial charge in [-0.25, -0.2) is 0 Å². The highest BCUT2D eigenvalue weighted by Gasteiger charge is 2.34. The van der Waals surface area contributed by atoms with Crippen molar-refractivity contribution in [2.24, 2.45) is 5.92 Å². The van der Waals surface area contributed by atoms with Gasteiger partial charge in [-0.1, -0.05) is 17.7 Å². The van der Waals surface area contributed by atoms with Gasteiger partial charge in [0, 0.05) is 5.56 Å². The molecule has 3 aromatic rings. The number of carbonyl (C=O) groups is 1. The van der Waals surface area contributed by atoms with E-state index in [0.29, 0.717) is 59.1 Å². The Morgan fingerprint density at radius 1 is 1.16 bits per heavy atom. The highest BCUT2D eigenvalue weighted by Crippen LogP contribution is 2.34. The minimum Gasteiger partial charge on any atom is -0.491 e. The van der Waals surface area contributed by atoms with Crippen LogP contribution in [0.4, 0.5) is 0 Å². The van der Waals surface area contributed by atoms with E-state index in [2.05, 4.69) is 0 Å². The normalized spacial score (nSPS) is 17.9. The second-order valence-corrected chi connectivity index (χ2v) is 7.69. The molecule has 7 nitrogen and oxygen atoms in total. The van der Waals surface area contributed by atoms with E-state index in [4.69, 9.17) is 35.3 Å². The van der Waals surface area contributed by atoms with Gasteiger partial charge in [0.05, 0.1) is 36.1 Å². The van der Waals surface area contributed by atoms with Gasteiger partial charge in [-0.15, -0.1) is 0 Å². The van der Waals surface area contributed by atoms with Crippen LogP contribution in [0.3, 0.4) is 0 Å². The standard InChI is InChI=1S/C23H21ClO7/c1-28-22-19(25)17-3-2-4-18(24)21(17)31-20(22)13-5-7-15(8-6-13)29-9-10-30-16-11-14(12-16)23(26)27/h2-8,14,16H,9-12H2,1H3,(H,26,27)/t14-,16+. The number of para-hydroxylation sites is 1. The molecule has 1 heterocycles. The van der Waals surface area contributed by atoms with Crippen molar-refractivity contribution >= 4 is 28.5 Å². The van der Waals surface area contributed by atoms with Gasteiger partial charge in [0.15, 0.2) is 11.3 Å². The molecule has 0 amide bonds. The van der Waals surface area contributed by atoms with E-state index in [-0.39, 0.29) is 23.2 Å². The molecule has 1 aliphatic carbocycles. The fourth-order valence-electron chi connectivity index (χ4n) is 3.52. The molecule has 0 aliphatic heterocycles. The predicted molar refractivity (Wildman–Crippen MR) is 115 cm³/mol. The van der Waals surface area contributed by atoms with Crippen molar-refractivity contribution in [2.45, 2.75) is 18.9 Å². The minimum absolute atomic E-state index is 0.0119. The Bertz CT molecular complexity index is 1150. The Kier molecular flexibility index (Phi) is 6.15. The van der Waals surface area contributed by atoms with Crippen molar-refractivity contribution in [2.75, 3.05) is 20.3 Å². The van der Waals surface area contributed by atoms with Crippen molar-refractivity contribution in [3.8, 4) is 22.8 Å². The number of fused-ring (bicyclic) bond motifs is 1. The topological polar surface area (TPSA) is 95.2 Å². The van der Waals surface area contributed by atoms with Crippen molar-refractivity contribution in [1.29, 1.82) is 0 Å². The highest BCUT2D eigenvalue weighted by atomic mass is 35.5. The SMILES string of the molecule is COc1c(-c2ccc(OCCO[C@H]3C[C@@H](C(=O)O)C3)cc2)oc2c(Cl)cccc2c1=O. The summed E-state index contributed by atoms with van der Waals surface area (Å²) in [6.45, 7) is 0.724. The summed E-state index contributed by atoms with van der Waals surface area (Å²) in [5, 5.41) is 9.57. The van der Waals surface area contributed by atoms with Crippen LogP contribution in [0.1, 0.15) is 12.8 Å². The second-order valence-electron chi connectivity index (χ2n) is 7.28. The molecule has 1 saturated carbocycles. The third-order valence-electron chi connectivity index (χ3n) is 5.30. The molecule has 1 aromatic heterocycles. The van der Waals surface area contributed by atoms with Gasteiger partial charge in [-0.2, -0.15) is 0 Å². The monoisotopic (exact) mass is 444 g/mol. The summed E-state index contributed by atoms with van der Waals surface area (Å²) in [4.78, 5) is 23.6. The lowest BCUT2D eigenvalue weighted by molar-refractivity contribution is -0.151. The zero-order chi connectivity index (χ0) is 22.0. The van der Waals surface area contributed by atoms with E-state index in [1.165, 1.54) is 7.11 Å². The Morgan fingerprint density at radius 3 is 2.58 bits per heavy atom. The highest BCUT2D eigenvalue weighted by molar-refractivity contribution is 6.34. The first kappa shape index (κ1) is 21.2. The Hall–Kier alpha value is -3.03. The second kappa shape index (κ2) is 8.99. The molecule has 1 aliphatic rings. The number of rotatable bonds is 8. The number of ether oxygens (including phenoxy) is 3. The van der Waals surface area contributed by atoms with E-state index >= 15 is 0 Å². The molecule has 162 valence electrons. The maximum absolute atomic E-state index is 12.8. The molecule has 1 N–H and O–H groups in total. The Balaban J connectivity index is 1.42. The number of methoxy groups -OCH3 is 1. The van der Waals surface area contributed by atoms with Gasteiger partial charge in [-0.3, -0.25) is 9.59 Å². The molecular weight excluding hydrogens is 424 g/mol. The zero-order valence-electron chi connectivity index (χ0n) is 16.8. The smallest absolute Gasteiger partial charge is 0.306 e. The quantitative estimate of drug-likeness (QED) is 0.515. The van der Waals surface area contributed by atoms with Crippen molar-refractivity contribution in [1.82, 2.24) is 0 Å². The van der Waals surface area contributed by atoms with Gasteiger partial charge >= 0.3 is 5.97 Å². The fraction of sp³-hybridized carbons (Fsp3) is 0.304. The van der Waals surface area contributed by atoms with Crippen LogP contribution in [0, 0.1) is 5.92 Å². The van der Waals surface area contributed by atoms with Gasteiger partial charge in [0.1, 0.15) is 12.4 Å². The van der Waals surface area contributed by atoms with E-state index in [0.717, 1.165) is 0 Å². The largest absolute Gasteiger partial charge is 0.491 e. The lowest BCUT2D eigenvalue weighted by atomic mass is 9.82. The average molecular weight is 445 g/mol. The van der Waals surface area contributed by atoms with Crippen LogP contribution in [0.15, 0.2) is 51.7 Å². The maximum atomic E-state index is 12.8. The number of halogens is 1. The maximum Gasteiger partial charge on any atom is 0.306 e. The summed E-state index contributed by atoms with van der Waals surface area (Å²) >= 11 is 6.21. The summed E-state index contributed by atoms with van der Waals surface area (Å²) in [7, 11) is 1.42. The molecule has 0 saturated heterocycles. The zero-order valence-corrected chi connectivity index (χ0v) is 17.6. The van der Waals surface area contributed by atoms with Gasteiger partial charge < -0.3 is 23.7 Å². The third kappa shape index (κ3) is 4.38. The van der Waals surface area contributed by atoms with Crippen molar-refractivity contribution in [3.63, 3.8) is 0 Å². The number of aliphatic carboxylic acids is 1. The first-order valence-electron chi connectivity index (χ1n) is 9.85. The summed E-state index contributed by atoms with van der Waals surface area (Å²) in [6, 6.07) is 12.0. The van der Waals surface area contributed by atoms with Crippen LogP contribution in [0.2, 0.25) is 5.02 Å². The molecule has 2 aromatic carbocycles. The number of benzene rings is 2. The molecule has 8 heteroatoms. The summed E-state index contributed by atoms with van der Waals surface area (Å²) < 4.78 is 22.5. The van der Waals surface area contributed by atoms with Crippen LogP contribution >= 0.6 is 11.6 Å². The molecule has 0 radical (unpaired) electrons. The molecule has 0 unspecified atom stereocenters. The lowest BCUT2D eigenvalue weighted by Crippen LogP contribution is -2.36. The first-order valence-corrected chi connectivity index (χ1v) is 10.2. The van der Waals surface area contributed by atoms with E-state index < -0.39 is 5.97 Å². The molecule has 0 bridgehead atoms. The van der Waals surface area contributed by atoms with Crippen LogP contribution in [-0.2, 0) is 9.53 Å². The lowest BCUT2D eigenvalue weighted by Gasteiger charge is -2.31. The molecule has 1 fully saturated rings. The molecular formula is C23H21ClO7. The summed E-state index contributed by atoms with van der Waals surface area (Å²) in [5.41, 5.74) is 0.664. The summed E-state index contributed by atoms with van der Waals surface area (Å²) in [6.07, 6.45) is 1.09. The van der Waals surface area contributed by atoms with Gasteiger partial charge in [0.2, 0.25) is 11.2 Å². The minimum atomic E-state index is -0.766. The third-order valence-corrected chi connectivity index (χ3v) is 5.60.